The van der Waals surface area contributed by atoms with Crippen LogP contribution in [0.5, 0.6) is 0 Å². The largest absolute Gasteiger partial charge is 0.150 e. The zero-order chi connectivity index (χ0) is 12.1. The van der Waals surface area contributed by atoms with E-state index in [1.165, 1.54) is 0 Å². The van der Waals surface area contributed by atoms with E-state index in [1.54, 1.807) is 12.1 Å². The van der Waals surface area contributed by atoms with Gasteiger partial charge in [-0.25, -0.2) is 0 Å². The highest BCUT2D eigenvalue weighted by molar-refractivity contribution is 5.40. The van der Waals surface area contributed by atoms with Crippen LogP contribution in [0.2, 0.25) is 0 Å². The number of nitroso groups, excluding NO2 is 2. The fraction of sp³-hybridized carbons (Fsp3) is 0.231. The number of hydrogen-bond acceptors (Lipinski definition) is 4. The first-order chi connectivity index (χ1) is 8.31. The van der Waals surface area contributed by atoms with E-state index in [1.807, 2.05) is 30.4 Å². The van der Waals surface area contributed by atoms with Crippen LogP contribution in [0.3, 0.4) is 0 Å². The molecule has 17 heavy (non-hydrogen) atoms. The Bertz CT molecular complexity index is 475. The summed E-state index contributed by atoms with van der Waals surface area (Å²) in [6.07, 6.45) is 7.24. The van der Waals surface area contributed by atoms with Gasteiger partial charge in [0.05, 0.1) is 0 Å². The third-order valence-electron chi connectivity index (χ3n) is 2.74. The lowest BCUT2D eigenvalue weighted by molar-refractivity contribution is 0.808. The molecule has 0 N–H and O–H groups in total. The molecule has 2 rings (SSSR count). The van der Waals surface area contributed by atoms with Gasteiger partial charge in [-0.15, -0.1) is 4.91 Å². The van der Waals surface area contributed by atoms with Crippen LogP contribution in [0.4, 0.5) is 5.69 Å². The molecule has 1 aliphatic rings. The van der Waals surface area contributed by atoms with Gasteiger partial charge in [-0.1, -0.05) is 35.5 Å². The molecule has 86 valence electrons. The van der Waals surface area contributed by atoms with Crippen LogP contribution in [0.25, 0.3) is 0 Å². The van der Waals surface area contributed by atoms with E-state index in [-0.39, 0.29) is 6.04 Å². The Morgan fingerprint density at radius 1 is 1.18 bits per heavy atom. The lowest BCUT2D eigenvalue weighted by Gasteiger charge is -2.10. The summed E-state index contributed by atoms with van der Waals surface area (Å²) in [5.41, 5.74) is 2.72. The summed E-state index contributed by atoms with van der Waals surface area (Å²) in [6, 6.07) is 6.95. The highest BCUT2D eigenvalue weighted by Crippen LogP contribution is 2.19. The van der Waals surface area contributed by atoms with Gasteiger partial charge < -0.3 is 0 Å². The van der Waals surface area contributed by atoms with Crippen LogP contribution in [0, 0.1) is 9.81 Å². The Morgan fingerprint density at radius 2 is 1.94 bits per heavy atom. The van der Waals surface area contributed by atoms with Crippen molar-refractivity contribution in [1.82, 2.24) is 0 Å². The van der Waals surface area contributed by atoms with Gasteiger partial charge in [0.1, 0.15) is 11.7 Å². The number of benzene rings is 1. The minimum absolute atomic E-state index is 0.222. The van der Waals surface area contributed by atoms with Crippen molar-refractivity contribution in [2.45, 2.75) is 18.9 Å². The van der Waals surface area contributed by atoms with Gasteiger partial charge in [-0.3, -0.25) is 0 Å². The van der Waals surface area contributed by atoms with Crippen LogP contribution in [-0.4, -0.2) is 6.04 Å². The van der Waals surface area contributed by atoms with E-state index in [2.05, 4.69) is 10.4 Å². The Morgan fingerprint density at radius 3 is 2.47 bits per heavy atom. The van der Waals surface area contributed by atoms with E-state index < -0.39 is 0 Å². The predicted molar refractivity (Wildman–Crippen MR) is 67.0 cm³/mol. The number of rotatable bonds is 4. The van der Waals surface area contributed by atoms with Gasteiger partial charge in [0.2, 0.25) is 0 Å². The Balaban J connectivity index is 2.02. The SMILES string of the molecule is O=Nc1ccc(CC2=CCC(N=O)C=C2)cc1. The van der Waals surface area contributed by atoms with Gasteiger partial charge >= 0.3 is 0 Å². The van der Waals surface area contributed by atoms with Crippen molar-refractivity contribution < 1.29 is 0 Å². The van der Waals surface area contributed by atoms with Crippen LogP contribution in [0.15, 0.2) is 58.4 Å². The standard InChI is InChI=1S/C13H12N2O2/c16-14-12-5-1-10(2-6-12)9-11-3-7-13(15-17)8-4-11/h1-7,13H,8-9H2. The summed E-state index contributed by atoms with van der Waals surface area (Å²) in [6.45, 7) is 0. The minimum atomic E-state index is -0.222. The number of allylic oxidation sites excluding steroid dienone is 2. The molecule has 4 nitrogen and oxygen atoms in total. The van der Waals surface area contributed by atoms with Crippen molar-refractivity contribution in [1.29, 1.82) is 0 Å². The molecule has 0 aromatic heterocycles. The first-order valence-electron chi connectivity index (χ1n) is 5.44. The molecule has 0 amide bonds. The summed E-state index contributed by atoms with van der Waals surface area (Å²) in [7, 11) is 0. The average molecular weight is 228 g/mol. The molecule has 0 aliphatic heterocycles. The lowest BCUT2D eigenvalue weighted by atomic mass is 9.98. The van der Waals surface area contributed by atoms with Gasteiger partial charge in [0.25, 0.3) is 0 Å². The molecule has 0 fully saturated rings. The summed E-state index contributed by atoms with van der Waals surface area (Å²) in [5, 5.41) is 5.84. The summed E-state index contributed by atoms with van der Waals surface area (Å²) in [5.74, 6) is 0. The number of nitrogens with zero attached hydrogens (tertiary/aromatic N) is 2. The van der Waals surface area contributed by atoms with Crippen molar-refractivity contribution in [3.05, 3.63) is 63.4 Å². The van der Waals surface area contributed by atoms with Crippen LogP contribution < -0.4 is 0 Å². The number of hydrogen-bond donors (Lipinski definition) is 0. The first kappa shape index (κ1) is 11.4. The monoisotopic (exact) mass is 228 g/mol. The van der Waals surface area contributed by atoms with Crippen LogP contribution in [-0.2, 0) is 6.42 Å². The summed E-state index contributed by atoms with van der Waals surface area (Å²) in [4.78, 5) is 20.6. The maximum atomic E-state index is 10.3. The maximum Gasteiger partial charge on any atom is 0.114 e. The summed E-state index contributed by atoms with van der Waals surface area (Å²) < 4.78 is 0. The van der Waals surface area contributed by atoms with E-state index in [4.69, 9.17) is 0 Å². The van der Waals surface area contributed by atoms with E-state index in [0.717, 1.165) is 17.6 Å². The zero-order valence-corrected chi connectivity index (χ0v) is 9.24. The normalized spacial score (nSPS) is 18.6. The van der Waals surface area contributed by atoms with Crippen LogP contribution in [0.1, 0.15) is 12.0 Å². The zero-order valence-electron chi connectivity index (χ0n) is 9.24. The second-order valence-corrected chi connectivity index (χ2v) is 3.98. The van der Waals surface area contributed by atoms with Gasteiger partial charge in [0.15, 0.2) is 0 Å². The molecule has 0 saturated heterocycles. The topological polar surface area (TPSA) is 58.9 Å². The van der Waals surface area contributed by atoms with Gasteiger partial charge in [0, 0.05) is 0 Å². The molecule has 0 spiro atoms. The molecular weight excluding hydrogens is 216 g/mol. The van der Waals surface area contributed by atoms with Crippen molar-refractivity contribution in [2.24, 2.45) is 10.4 Å². The molecular formula is C13H12N2O2. The maximum absolute atomic E-state index is 10.3. The molecule has 0 heterocycles. The van der Waals surface area contributed by atoms with Crippen molar-refractivity contribution in [3.63, 3.8) is 0 Å². The molecule has 0 bridgehead atoms. The third kappa shape index (κ3) is 2.93. The Labute approximate surface area is 99.0 Å². The Kier molecular flexibility index (Phi) is 3.55. The third-order valence-corrected chi connectivity index (χ3v) is 2.74. The van der Waals surface area contributed by atoms with Crippen molar-refractivity contribution in [3.8, 4) is 0 Å². The molecule has 1 aromatic rings. The lowest BCUT2D eigenvalue weighted by Crippen LogP contribution is -2.03. The van der Waals surface area contributed by atoms with Crippen LogP contribution >= 0.6 is 0 Å². The molecule has 0 saturated carbocycles. The van der Waals surface area contributed by atoms with Gasteiger partial charge in [-0.05, 0) is 41.3 Å². The first-order valence-corrected chi connectivity index (χ1v) is 5.44. The fourth-order valence-corrected chi connectivity index (χ4v) is 1.77. The van der Waals surface area contributed by atoms with Crippen molar-refractivity contribution in [2.75, 3.05) is 0 Å². The van der Waals surface area contributed by atoms with E-state index in [0.29, 0.717) is 12.1 Å². The van der Waals surface area contributed by atoms with E-state index in [9.17, 15) is 9.81 Å². The van der Waals surface area contributed by atoms with Gasteiger partial charge in [-0.2, -0.15) is 4.91 Å². The molecule has 1 atom stereocenters. The highest BCUT2D eigenvalue weighted by atomic mass is 16.3. The van der Waals surface area contributed by atoms with E-state index >= 15 is 0 Å². The second kappa shape index (κ2) is 5.30. The van der Waals surface area contributed by atoms with Crippen molar-refractivity contribution >= 4 is 5.69 Å². The summed E-state index contributed by atoms with van der Waals surface area (Å²) >= 11 is 0. The molecule has 0 radical (unpaired) electrons. The highest BCUT2D eigenvalue weighted by Gasteiger charge is 2.08. The quantitative estimate of drug-likeness (QED) is 0.738. The smallest absolute Gasteiger partial charge is 0.114 e. The predicted octanol–water partition coefficient (Wildman–Crippen LogP) is 3.65. The molecule has 1 aromatic carbocycles. The Hall–Kier alpha value is -2.10. The minimum Gasteiger partial charge on any atom is -0.150 e. The second-order valence-electron chi connectivity index (χ2n) is 3.98. The molecule has 1 unspecified atom stereocenters. The molecule has 1 aliphatic carbocycles. The molecule has 4 heteroatoms. The average Bonchev–Trinajstić information content (AvgIpc) is 2.40. The fourth-order valence-electron chi connectivity index (χ4n) is 1.77.